The highest BCUT2D eigenvalue weighted by atomic mass is 32.1. The van der Waals surface area contributed by atoms with Crippen molar-refractivity contribution in [2.75, 3.05) is 6.54 Å². The maximum absolute atomic E-state index is 11.6. The minimum Gasteiger partial charge on any atom is -0.481 e. The van der Waals surface area contributed by atoms with Crippen molar-refractivity contribution in [2.45, 2.75) is 26.3 Å². The van der Waals surface area contributed by atoms with Crippen LogP contribution in [-0.4, -0.2) is 28.5 Å². The van der Waals surface area contributed by atoms with Crippen LogP contribution >= 0.6 is 11.3 Å². The Bertz CT molecular complexity index is 419. The molecule has 0 aliphatic carbocycles. The van der Waals surface area contributed by atoms with Gasteiger partial charge in [0.25, 0.3) is 5.91 Å². The minimum absolute atomic E-state index is 0.242. The van der Waals surface area contributed by atoms with Crippen molar-refractivity contribution in [1.82, 2.24) is 10.3 Å². The second-order valence-corrected chi connectivity index (χ2v) is 4.91. The van der Waals surface area contributed by atoms with Gasteiger partial charge in [-0.2, -0.15) is 0 Å². The van der Waals surface area contributed by atoms with Gasteiger partial charge >= 0.3 is 5.97 Å². The maximum Gasteiger partial charge on any atom is 0.306 e. The minimum atomic E-state index is -0.812. The molecule has 1 aromatic rings. The summed E-state index contributed by atoms with van der Waals surface area (Å²) in [6.45, 7) is 2.43. The predicted octanol–water partition coefficient (Wildman–Crippen LogP) is 0.833. The topological polar surface area (TPSA) is 105 Å². The summed E-state index contributed by atoms with van der Waals surface area (Å²) in [7, 11) is 0. The number of thiazole rings is 1. The van der Waals surface area contributed by atoms with E-state index in [1.165, 1.54) is 11.3 Å². The number of carbonyl (C=O) groups is 2. The van der Waals surface area contributed by atoms with Gasteiger partial charge in [-0.1, -0.05) is 6.92 Å². The van der Waals surface area contributed by atoms with E-state index in [1.807, 2.05) is 0 Å². The fourth-order valence-electron chi connectivity index (χ4n) is 1.33. The Hall–Kier alpha value is -1.47. The molecule has 1 atom stereocenters. The Morgan fingerprint density at radius 2 is 2.33 bits per heavy atom. The Morgan fingerprint density at radius 3 is 2.89 bits per heavy atom. The molecule has 1 aromatic heterocycles. The molecule has 6 nitrogen and oxygen atoms in total. The Kier molecular flexibility index (Phi) is 5.73. The van der Waals surface area contributed by atoms with Gasteiger partial charge in [0.15, 0.2) is 0 Å². The van der Waals surface area contributed by atoms with Gasteiger partial charge in [0.05, 0.1) is 5.92 Å². The van der Waals surface area contributed by atoms with Crippen LogP contribution in [-0.2, 0) is 11.3 Å². The molecule has 0 radical (unpaired) electrons. The molecular formula is C11H17N3O3S. The molecule has 0 saturated carbocycles. The number of nitrogens with one attached hydrogen (secondary N) is 1. The zero-order valence-electron chi connectivity index (χ0n) is 10.2. The molecule has 1 rings (SSSR count). The summed E-state index contributed by atoms with van der Waals surface area (Å²) < 4.78 is 0. The third-order valence-corrected chi connectivity index (χ3v) is 3.35. The molecule has 0 fully saturated rings. The van der Waals surface area contributed by atoms with Gasteiger partial charge in [0.2, 0.25) is 0 Å². The standard InChI is InChI=1S/C11H17N3O3S/c1-7(11(16)17)3-2-4-13-10(15)8-6-18-9(5-12)14-8/h6-7H,2-5,12H2,1H3,(H,13,15)(H,16,17). The molecule has 100 valence electrons. The molecule has 0 aromatic carbocycles. The lowest BCUT2D eigenvalue weighted by atomic mass is 10.1. The first kappa shape index (κ1) is 14.6. The molecule has 0 aliphatic rings. The number of carboxylic acid groups (broad SMARTS) is 1. The summed E-state index contributed by atoms with van der Waals surface area (Å²) in [5, 5.41) is 13.8. The summed E-state index contributed by atoms with van der Waals surface area (Å²) in [6.07, 6.45) is 1.17. The van der Waals surface area contributed by atoms with Crippen molar-refractivity contribution < 1.29 is 14.7 Å². The first-order valence-electron chi connectivity index (χ1n) is 5.70. The SMILES string of the molecule is CC(CCCNC(=O)c1csc(CN)n1)C(=O)O. The van der Waals surface area contributed by atoms with Crippen LogP contribution in [0.2, 0.25) is 0 Å². The van der Waals surface area contributed by atoms with E-state index in [9.17, 15) is 9.59 Å². The number of carboxylic acids is 1. The fraction of sp³-hybridized carbons (Fsp3) is 0.545. The van der Waals surface area contributed by atoms with Crippen LogP contribution in [0, 0.1) is 5.92 Å². The third kappa shape index (κ3) is 4.42. The molecule has 1 heterocycles. The molecule has 7 heteroatoms. The number of amides is 1. The first-order valence-corrected chi connectivity index (χ1v) is 6.58. The van der Waals surface area contributed by atoms with Crippen LogP contribution in [0.4, 0.5) is 0 Å². The summed E-state index contributed by atoms with van der Waals surface area (Å²) in [4.78, 5) is 26.3. The van der Waals surface area contributed by atoms with Gasteiger partial charge in [-0.05, 0) is 12.8 Å². The lowest BCUT2D eigenvalue weighted by Gasteiger charge is -2.06. The molecule has 0 spiro atoms. The van der Waals surface area contributed by atoms with Crippen molar-refractivity contribution in [3.63, 3.8) is 0 Å². The summed E-state index contributed by atoms with van der Waals surface area (Å²) >= 11 is 1.35. The van der Waals surface area contributed by atoms with Gasteiger partial charge in [-0.15, -0.1) is 11.3 Å². The average molecular weight is 271 g/mol. The van der Waals surface area contributed by atoms with Crippen molar-refractivity contribution in [2.24, 2.45) is 11.7 Å². The third-order valence-electron chi connectivity index (χ3n) is 2.48. The Balaban J connectivity index is 2.27. The van der Waals surface area contributed by atoms with E-state index in [0.29, 0.717) is 31.6 Å². The normalized spacial score (nSPS) is 12.1. The summed E-state index contributed by atoms with van der Waals surface area (Å²) in [5.41, 5.74) is 5.77. The second-order valence-electron chi connectivity index (χ2n) is 3.97. The first-order chi connectivity index (χ1) is 8.54. The van der Waals surface area contributed by atoms with Crippen molar-refractivity contribution in [3.05, 3.63) is 16.1 Å². The number of carbonyl (C=O) groups excluding carboxylic acids is 1. The monoisotopic (exact) mass is 271 g/mol. The summed E-state index contributed by atoms with van der Waals surface area (Å²) in [5.74, 6) is -1.44. The number of aromatic nitrogens is 1. The van der Waals surface area contributed by atoms with Crippen LogP contribution in [0.15, 0.2) is 5.38 Å². The van der Waals surface area contributed by atoms with Crippen LogP contribution in [0.5, 0.6) is 0 Å². The van der Waals surface area contributed by atoms with Gasteiger partial charge in [0.1, 0.15) is 10.7 Å². The van der Waals surface area contributed by atoms with Crippen LogP contribution in [0.1, 0.15) is 35.3 Å². The lowest BCUT2D eigenvalue weighted by Crippen LogP contribution is -2.25. The van der Waals surface area contributed by atoms with E-state index in [-0.39, 0.29) is 11.8 Å². The highest BCUT2D eigenvalue weighted by molar-refractivity contribution is 7.09. The molecule has 18 heavy (non-hydrogen) atoms. The molecule has 0 aliphatic heterocycles. The van der Waals surface area contributed by atoms with Gasteiger partial charge < -0.3 is 16.2 Å². The van der Waals surface area contributed by atoms with E-state index < -0.39 is 5.97 Å². The van der Waals surface area contributed by atoms with E-state index in [1.54, 1.807) is 12.3 Å². The van der Waals surface area contributed by atoms with Gasteiger partial charge in [-0.25, -0.2) is 4.98 Å². The molecule has 1 unspecified atom stereocenters. The molecular weight excluding hydrogens is 254 g/mol. The van der Waals surface area contributed by atoms with Gasteiger partial charge in [-0.3, -0.25) is 9.59 Å². The summed E-state index contributed by atoms with van der Waals surface area (Å²) in [6, 6.07) is 0. The van der Waals surface area contributed by atoms with Crippen LogP contribution in [0.3, 0.4) is 0 Å². The predicted molar refractivity (Wildman–Crippen MR) is 68.4 cm³/mol. The van der Waals surface area contributed by atoms with Crippen molar-refractivity contribution >= 4 is 23.2 Å². The number of hydrogen-bond acceptors (Lipinski definition) is 5. The van der Waals surface area contributed by atoms with Crippen LogP contribution < -0.4 is 11.1 Å². The number of aliphatic carboxylic acids is 1. The molecule has 4 N–H and O–H groups in total. The number of nitrogens with zero attached hydrogens (tertiary/aromatic N) is 1. The van der Waals surface area contributed by atoms with Crippen LogP contribution in [0.25, 0.3) is 0 Å². The zero-order chi connectivity index (χ0) is 13.5. The molecule has 0 bridgehead atoms. The van der Waals surface area contributed by atoms with E-state index in [0.717, 1.165) is 5.01 Å². The molecule has 1 amide bonds. The maximum atomic E-state index is 11.6. The number of nitrogens with two attached hydrogens (primary N) is 1. The number of rotatable bonds is 7. The Morgan fingerprint density at radius 1 is 1.61 bits per heavy atom. The highest BCUT2D eigenvalue weighted by Crippen LogP contribution is 2.09. The molecule has 0 saturated heterocycles. The average Bonchev–Trinajstić information content (AvgIpc) is 2.82. The van der Waals surface area contributed by atoms with Crippen molar-refractivity contribution in [1.29, 1.82) is 0 Å². The highest BCUT2D eigenvalue weighted by Gasteiger charge is 2.12. The van der Waals surface area contributed by atoms with E-state index in [4.69, 9.17) is 10.8 Å². The smallest absolute Gasteiger partial charge is 0.306 e. The fourth-order valence-corrected chi connectivity index (χ4v) is 1.99. The largest absolute Gasteiger partial charge is 0.481 e. The van der Waals surface area contributed by atoms with Gasteiger partial charge in [0, 0.05) is 18.5 Å². The number of hydrogen-bond donors (Lipinski definition) is 3. The second kappa shape index (κ2) is 7.07. The Labute approximate surface area is 109 Å². The quantitative estimate of drug-likeness (QED) is 0.637. The van der Waals surface area contributed by atoms with E-state index in [2.05, 4.69) is 10.3 Å². The lowest BCUT2D eigenvalue weighted by molar-refractivity contribution is -0.141. The van der Waals surface area contributed by atoms with Crippen molar-refractivity contribution in [3.8, 4) is 0 Å². The van der Waals surface area contributed by atoms with E-state index >= 15 is 0 Å². The zero-order valence-corrected chi connectivity index (χ0v) is 11.0.